The molecule has 28 heavy (non-hydrogen) atoms. The summed E-state index contributed by atoms with van der Waals surface area (Å²) < 4.78 is 7.64. The number of carbonyl (C=O) groups excluding carboxylic acids is 1. The minimum atomic E-state index is -0.377. The first-order valence-electron chi connectivity index (χ1n) is 8.92. The van der Waals surface area contributed by atoms with E-state index in [0.717, 1.165) is 33.7 Å². The molecule has 138 valence electrons. The van der Waals surface area contributed by atoms with Gasteiger partial charge < -0.3 is 15.0 Å². The highest BCUT2D eigenvalue weighted by Gasteiger charge is 2.08. The fourth-order valence-corrected chi connectivity index (χ4v) is 3.05. The standard InChI is InChI=1S/C23H19N3O2/c24-23(27)16-26-15-17(21-8-4-5-9-22(21)26)14-25-18-10-12-20(13-11-18)28-19-6-2-1-3-7-19/h1-15H,16H2,(H2,24,27). The molecule has 1 heterocycles. The molecule has 0 aliphatic carbocycles. The minimum absolute atomic E-state index is 0.139. The number of hydrogen-bond donors (Lipinski definition) is 1. The van der Waals surface area contributed by atoms with Gasteiger partial charge in [0.1, 0.15) is 18.0 Å². The summed E-state index contributed by atoms with van der Waals surface area (Å²) in [5, 5.41) is 1.02. The average Bonchev–Trinajstić information content (AvgIpc) is 3.05. The number of carbonyl (C=O) groups is 1. The van der Waals surface area contributed by atoms with Gasteiger partial charge in [-0.25, -0.2) is 0 Å². The van der Waals surface area contributed by atoms with Crippen LogP contribution in [0.4, 0.5) is 5.69 Å². The number of hydrogen-bond acceptors (Lipinski definition) is 3. The average molecular weight is 369 g/mol. The molecule has 4 rings (SSSR count). The van der Waals surface area contributed by atoms with Gasteiger partial charge in [-0.2, -0.15) is 0 Å². The van der Waals surface area contributed by atoms with Crippen molar-refractivity contribution in [3.63, 3.8) is 0 Å². The zero-order chi connectivity index (χ0) is 19.3. The number of primary amides is 1. The van der Waals surface area contributed by atoms with Crippen LogP contribution >= 0.6 is 0 Å². The minimum Gasteiger partial charge on any atom is -0.457 e. The molecule has 0 aliphatic rings. The monoisotopic (exact) mass is 369 g/mol. The SMILES string of the molecule is NC(=O)Cn1cc(C=Nc2ccc(Oc3ccccc3)cc2)c2ccccc21. The highest BCUT2D eigenvalue weighted by Crippen LogP contribution is 2.25. The van der Waals surface area contributed by atoms with Crippen LogP contribution in [0.25, 0.3) is 10.9 Å². The Kier molecular flexibility index (Phi) is 4.89. The van der Waals surface area contributed by atoms with Crippen LogP contribution in [0.2, 0.25) is 0 Å². The van der Waals surface area contributed by atoms with E-state index < -0.39 is 0 Å². The maximum atomic E-state index is 11.3. The molecule has 4 aromatic rings. The quantitative estimate of drug-likeness (QED) is 0.502. The summed E-state index contributed by atoms with van der Waals surface area (Å²) in [5.41, 5.74) is 8.05. The Hall–Kier alpha value is -3.86. The molecule has 5 nitrogen and oxygen atoms in total. The molecular weight excluding hydrogens is 350 g/mol. The van der Waals surface area contributed by atoms with E-state index in [0.29, 0.717) is 0 Å². The van der Waals surface area contributed by atoms with Crippen LogP contribution in [0.5, 0.6) is 11.5 Å². The van der Waals surface area contributed by atoms with Gasteiger partial charge in [0.2, 0.25) is 5.91 Å². The number of rotatable bonds is 6. The molecule has 1 aromatic heterocycles. The van der Waals surface area contributed by atoms with Crippen molar-refractivity contribution in [2.45, 2.75) is 6.54 Å². The number of ether oxygens (including phenoxy) is 1. The largest absolute Gasteiger partial charge is 0.457 e. The van der Waals surface area contributed by atoms with Crippen molar-refractivity contribution < 1.29 is 9.53 Å². The van der Waals surface area contributed by atoms with E-state index in [1.54, 1.807) is 6.21 Å². The van der Waals surface area contributed by atoms with Crippen molar-refractivity contribution in [3.05, 3.63) is 90.6 Å². The normalized spacial score (nSPS) is 11.1. The number of aromatic nitrogens is 1. The van der Waals surface area contributed by atoms with Crippen molar-refractivity contribution in [3.8, 4) is 11.5 Å². The zero-order valence-corrected chi connectivity index (χ0v) is 15.2. The van der Waals surface area contributed by atoms with E-state index in [4.69, 9.17) is 10.5 Å². The van der Waals surface area contributed by atoms with Crippen LogP contribution in [0.3, 0.4) is 0 Å². The summed E-state index contributed by atoms with van der Waals surface area (Å²) >= 11 is 0. The molecule has 1 amide bonds. The molecule has 0 saturated heterocycles. The van der Waals surface area contributed by atoms with E-state index in [9.17, 15) is 4.79 Å². The first kappa shape index (κ1) is 17.5. The Morgan fingerprint density at radius 3 is 2.36 bits per heavy atom. The van der Waals surface area contributed by atoms with Crippen molar-refractivity contribution in [2.24, 2.45) is 10.7 Å². The molecule has 5 heteroatoms. The van der Waals surface area contributed by atoms with Crippen molar-refractivity contribution in [1.82, 2.24) is 4.57 Å². The van der Waals surface area contributed by atoms with Gasteiger partial charge in [0.05, 0.1) is 5.69 Å². The lowest BCUT2D eigenvalue weighted by atomic mass is 10.2. The van der Waals surface area contributed by atoms with Crippen LogP contribution in [0.1, 0.15) is 5.56 Å². The van der Waals surface area contributed by atoms with Crippen LogP contribution < -0.4 is 10.5 Å². The molecule has 0 radical (unpaired) electrons. The Bertz CT molecular complexity index is 1130. The van der Waals surface area contributed by atoms with Gasteiger partial charge in [0.25, 0.3) is 0 Å². The summed E-state index contributed by atoms with van der Waals surface area (Å²) in [6.45, 7) is 0.139. The van der Waals surface area contributed by atoms with Gasteiger partial charge in [-0.1, -0.05) is 36.4 Å². The predicted octanol–water partition coefficient (Wildman–Crippen LogP) is 4.67. The van der Waals surface area contributed by atoms with Gasteiger partial charge in [-0.05, 0) is 42.5 Å². The summed E-state index contributed by atoms with van der Waals surface area (Å²) in [7, 11) is 0. The number of fused-ring (bicyclic) bond motifs is 1. The lowest BCUT2D eigenvalue weighted by molar-refractivity contribution is -0.118. The molecule has 0 fully saturated rings. The number of amides is 1. The van der Waals surface area contributed by atoms with Crippen LogP contribution in [-0.4, -0.2) is 16.7 Å². The molecule has 0 aliphatic heterocycles. The van der Waals surface area contributed by atoms with E-state index >= 15 is 0 Å². The third-order valence-corrected chi connectivity index (χ3v) is 4.31. The van der Waals surface area contributed by atoms with Gasteiger partial charge in [0, 0.05) is 28.9 Å². The topological polar surface area (TPSA) is 69.6 Å². The fraction of sp³-hybridized carbons (Fsp3) is 0.0435. The second-order valence-corrected chi connectivity index (χ2v) is 6.36. The lowest BCUT2D eigenvalue weighted by Gasteiger charge is -2.05. The van der Waals surface area contributed by atoms with Crippen molar-refractivity contribution in [1.29, 1.82) is 0 Å². The van der Waals surface area contributed by atoms with E-state index in [1.807, 2.05) is 89.6 Å². The molecule has 3 aromatic carbocycles. The number of nitrogens with zero attached hydrogens (tertiary/aromatic N) is 2. The highest BCUT2D eigenvalue weighted by molar-refractivity contribution is 6.00. The second kappa shape index (κ2) is 7.80. The number of nitrogens with two attached hydrogens (primary N) is 1. The van der Waals surface area contributed by atoms with E-state index in [1.165, 1.54) is 0 Å². The number of aliphatic imine (C=N–C) groups is 1. The number of para-hydroxylation sites is 2. The van der Waals surface area contributed by atoms with Gasteiger partial charge >= 0.3 is 0 Å². The highest BCUT2D eigenvalue weighted by atomic mass is 16.5. The lowest BCUT2D eigenvalue weighted by Crippen LogP contribution is -2.17. The van der Waals surface area contributed by atoms with E-state index in [2.05, 4.69) is 4.99 Å². The summed E-state index contributed by atoms with van der Waals surface area (Å²) in [4.78, 5) is 15.9. The summed E-state index contributed by atoms with van der Waals surface area (Å²) in [6.07, 6.45) is 3.69. The molecule has 0 unspecified atom stereocenters. The summed E-state index contributed by atoms with van der Waals surface area (Å²) in [6, 6.07) is 25.1. The Labute approximate surface area is 162 Å². The molecule has 0 saturated carbocycles. The van der Waals surface area contributed by atoms with Gasteiger partial charge in [0.15, 0.2) is 0 Å². The summed E-state index contributed by atoms with van der Waals surface area (Å²) in [5.74, 6) is 1.17. The maximum Gasteiger partial charge on any atom is 0.237 e. The van der Waals surface area contributed by atoms with Crippen molar-refractivity contribution >= 4 is 28.7 Å². The third-order valence-electron chi connectivity index (χ3n) is 4.31. The number of benzene rings is 3. The Morgan fingerprint density at radius 2 is 1.61 bits per heavy atom. The Balaban J connectivity index is 1.55. The van der Waals surface area contributed by atoms with Gasteiger partial charge in [-0.3, -0.25) is 9.79 Å². The molecule has 0 spiro atoms. The predicted molar refractivity (Wildman–Crippen MR) is 111 cm³/mol. The Morgan fingerprint density at radius 1 is 0.929 bits per heavy atom. The first-order valence-corrected chi connectivity index (χ1v) is 8.92. The van der Waals surface area contributed by atoms with Crippen molar-refractivity contribution in [2.75, 3.05) is 0 Å². The van der Waals surface area contributed by atoms with Crippen LogP contribution in [0.15, 0.2) is 90.1 Å². The van der Waals surface area contributed by atoms with Crippen LogP contribution in [0, 0.1) is 0 Å². The smallest absolute Gasteiger partial charge is 0.237 e. The second-order valence-electron chi connectivity index (χ2n) is 6.36. The molecule has 0 atom stereocenters. The fourth-order valence-electron chi connectivity index (χ4n) is 3.05. The molecular formula is C23H19N3O2. The van der Waals surface area contributed by atoms with Crippen LogP contribution in [-0.2, 0) is 11.3 Å². The van der Waals surface area contributed by atoms with Gasteiger partial charge in [-0.15, -0.1) is 0 Å². The molecule has 2 N–H and O–H groups in total. The molecule has 0 bridgehead atoms. The first-order chi connectivity index (χ1) is 13.7. The maximum absolute atomic E-state index is 11.3. The third kappa shape index (κ3) is 3.94. The zero-order valence-electron chi connectivity index (χ0n) is 15.2. The van der Waals surface area contributed by atoms with E-state index in [-0.39, 0.29) is 12.5 Å².